The van der Waals surface area contributed by atoms with Crippen molar-refractivity contribution in [2.45, 2.75) is 219 Å². The third-order valence-electron chi connectivity index (χ3n) is 10.1. The minimum Gasteiger partial charge on any atom is -0.462 e. The van der Waals surface area contributed by atoms with E-state index in [-0.39, 0.29) is 25.2 Å². The molecular weight excluding hydrogens is 741 g/mol. The van der Waals surface area contributed by atoms with Gasteiger partial charge >= 0.3 is 11.9 Å². The van der Waals surface area contributed by atoms with Gasteiger partial charge in [0.25, 0.3) is 0 Å². The fourth-order valence-electron chi connectivity index (χ4n) is 6.40. The predicted octanol–water partition coefficient (Wildman–Crippen LogP) is 16.7. The second kappa shape index (κ2) is 50.2. The Morgan fingerprint density at radius 2 is 0.800 bits per heavy atom. The van der Waals surface area contributed by atoms with Crippen molar-refractivity contribution in [2.75, 3.05) is 19.8 Å². The van der Waals surface area contributed by atoms with Crippen LogP contribution in [-0.2, 0) is 23.8 Å². The number of rotatable bonds is 44. The number of unbranched alkanes of at least 4 members (excludes halogenated alkanes) is 17. The van der Waals surface area contributed by atoms with Crippen LogP contribution < -0.4 is 0 Å². The van der Waals surface area contributed by atoms with Gasteiger partial charge in [0.1, 0.15) is 6.61 Å². The van der Waals surface area contributed by atoms with Gasteiger partial charge in [0.2, 0.25) is 0 Å². The summed E-state index contributed by atoms with van der Waals surface area (Å²) in [4.78, 5) is 25.3. The van der Waals surface area contributed by atoms with E-state index in [1.165, 1.54) is 83.5 Å². The number of allylic oxidation sites excluding steroid dienone is 16. The Kier molecular flexibility index (Phi) is 47.5. The van der Waals surface area contributed by atoms with Gasteiger partial charge in [0.05, 0.1) is 6.61 Å². The molecule has 0 N–H and O–H groups in total. The molecule has 0 aromatic carbocycles. The predicted molar refractivity (Wildman–Crippen MR) is 260 cm³/mol. The first-order chi connectivity index (χ1) is 29.6. The highest BCUT2D eigenvalue weighted by molar-refractivity contribution is 5.70. The highest BCUT2D eigenvalue weighted by atomic mass is 16.6. The van der Waals surface area contributed by atoms with Crippen LogP contribution in [0.4, 0.5) is 0 Å². The molecule has 5 heteroatoms. The normalized spacial score (nSPS) is 13.1. The van der Waals surface area contributed by atoms with Gasteiger partial charge < -0.3 is 14.2 Å². The van der Waals surface area contributed by atoms with Gasteiger partial charge in [-0.05, 0) is 109 Å². The second-order valence-electron chi connectivity index (χ2n) is 16.0. The zero-order valence-electron chi connectivity index (χ0n) is 39.2. The Hall–Kier alpha value is -3.18. The van der Waals surface area contributed by atoms with Crippen molar-refractivity contribution in [3.05, 3.63) is 97.2 Å². The molecule has 0 rings (SSSR count). The lowest BCUT2D eigenvalue weighted by molar-refractivity contribution is -0.163. The first-order valence-corrected chi connectivity index (χ1v) is 24.8. The number of esters is 2. The molecule has 0 saturated carbocycles. The molecule has 342 valence electrons. The lowest BCUT2D eigenvalue weighted by atomic mass is 10.1. The number of hydrogen-bond donors (Lipinski definition) is 0. The van der Waals surface area contributed by atoms with Crippen molar-refractivity contribution in [2.24, 2.45) is 0 Å². The quantitative estimate of drug-likeness (QED) is 0.0348. The van der Waals surface area contributed by atoms with Crippen LogP contribution in [0.15, 0.2) is 97.2 Å². The highest BCUT2D eigenvalue weighted by Crippen LogP contribution is 2.12. The minimum atomic E-state index is -0.573. The molecule has 0 fully saturated rings. The maximum Gasteiger partial charge on any atom is 0.306 e. The van der Waals surface area contributed by atoms with Crippen molar-refractivity contribution in [1.82, 2.24) is 0 Å². The minimum absolute atomic E-state index is 0.0430. The van der Waals surface area contributed by atoms with E-state index >= 15 is 0 Å². The summed E-state index contributed by atoms with van der Waals surface area (Å²) in [6, 6.07) is 0. The van der Waals surface area contributed by atoms with Crippen LogP contribution in [0.3, 0.4) is 0 Å². The van der Waals surface area contributed by atoms with Crippen LogP contribution in [0.25, 0.3) is 0 Å². The smallest absolute Gasteiger partial charge is 0.306 e. The number of carbonyl (C=O) groups is 2. The van der Waals surface area contributed by atoms with E-state index in [4.69, 9.17) is 14.2 Å². The van der Waals surface area contributed by atoms with Gasteiger partial charge in [0.15, 0.2) is 6.10 Å². The first-order valence-electron chi connectivity index (χ1n) is 24.8. The van der Waals surface area contributed by atoms with E-state index in [1.54, 1.807) is 0 Å². The SMILES string of the molecule is CC/C=C\C/C=C\C/C=C\C/C=C\C/C=C\CCCC(=O)OCC(COCCCCCCCC/C=C\CCCCCC)OC(=O)CCCCCCC/C=C\C/C=C\CCC. The molecule has 0 aromatic heterocycles. The first kappa shape index (κ1) is 56.8. The Labute approximate surface area is 371 Å². The van der Waals surface area contributed by atoms with Crippen LogP contribution in [0.1, 0.15) is 213 Å². The molecule has 0 spiro atoms. The monoisotopic (exact) mass is 833 g/mol. The van der Waals surface area contributed by atoms with E-state index in [1.807, 2.05) is 0 Å². The molecule has 0 saturated heterocycles. The third-order valence-corrected chi connectivity index (χ3v) is 10.1. The zero-order chi connectivity index (χ0) is 43.5. The molecule has 0 aromatic rings. The average molecular weight is 833 g/mol. The summed E-state index contributed by atoms with van der Waals surface area (Å²) >= 11 is 0. The van der Waals surface area contributed by atoms with Crippen molar-refractivity contribution in [3.8, 4) is 0 Å². The fourth-order valence-corrected chi connectivity index (χ4v) is 6.40. The van der Waals surface area contributed by atoms with Crippen molar-refractivity contribution in [1.29, 1.82) is 0 Å². The van der Waals surface area contributed by atoms with Crippen LogP contribution >= 0.6 is 0 Å². The molecule has 1 unspecified atom stereocenters. The van der Waals surface area contributed by atoms with Crippen LogP contribution in [0, 0.1) is 0 Å². The van der Waals surface area contributed by atoms with Gasteiger partial charge in [-0.2, -0.15) is 0 Å². The summed E-state index contributed by atoms with van der Waals surface area (Å²) in [6.45, 7) is 7.54. The summed E-state index contributed by atoms with van der Waals surface area (Å²) in [6.07, 6.45) is 67.0. The maximum atomic E-state index is 12.8. The average Bonchev–Trinajstić information content (AvgIpc) is 3.25. The molecule has 5 nitrogen and oxygen atoms in total. The Bertz CT molecular complexity index is 1170. The van der Waals surface area contributed by atoms with E-state index in [0.717, 1.165) is 96.3 Å². The van der Waals surface area contributed by atoms with Gasteiger partial charge in [0, 0.05) is 19.4 Å². The molecule has 0 aliphatic carbocycles. The Morgan fingerprint density at radius 1 is 0.383 bits per heavy atom. The molecular formula is C55H92O5. The lowest BCUT2D eigenvalue weighted by Crippen LogP contribution is -2.30. The summed E-state index contributed by atoms with van der Waals surface area (Å²) in [5, 5.41) is 0. The van der Waals surface area contributed by atoms with E-state index in [0.29, 0.717) is 19.4 Å². The topological polar surface area (TPSA) is 61.8 Å². The molecule has 0 radical (unpaired) electrons. The number of hydrogen-bond acceptors (Lipinski definition) is 5. The summed E-state index contributed by atoms with van der Waals surface area (Å²) < 4.78 is 17.3. The maximum absolute atomic E-state index is 12.8. The molecule has 0 aliphatic rings. The Balaban J connectivity index is 4.40. The summed E-state index contributed by atoms with van der Waals surface area (Å²) in [5.74, 6) is -0.489. The van der Waals surface area contributed by atoms with Gasteiger partial charge in [-0.15, -0.1) is 0 Å². The highest BCUT2D eigenvalue weighted by Gasteiger charge is 2.17. The van der Waals surface area contributed by atoms with Gasteiger partial charge in [-0.1, -0.05) is 189 Å². The molecule has 0 bridgehead atoms. The van der Waals surface area contributed by atoms with Gasteiger partial charge in [-0.3, -0.25) is 9.59 Å². The molecule has 60 heavy (non-hydrogen) atoms. The van der Waals surface area contributed by atoms with Gasteiger partial charge in [-0.25, -0.2) is 0 Å². The molecule has 0 amide bonds. The van der Waals surface area contributed by atoms with E-state index in [2.05, 4.69) is 118 Å². The van der Waals surface area contributed by atoms with E-state index < -0.39 is 6.10 Å². The second-order valence-corrected chi connectivity index (χ2v) is 16.0. The largest absolute Gasteiger partial charge is 0.462 e. The number of carbonyl (C=O) groups excluding carboxylic acids is 2. The molecule has 0 aliphatic heterocycles. The standard InChI is InChI=1S/C55H92O5/c1-4-7-10-13-16-19-22-25-27-28-29-31-33-36-39-42-45-48-54(56)59-52-53(51-58-50-47-44-41-38-35-32-26-23-20-17-14-11-8-5-2)60-55(57)49-46-43-40-37-34-30-24-21-18-15-12-9-6-3/h7,10,12,15-16,19-21,23-25,27,29,31,36,39,53H,4-6,8-9,11,13-14,17-18,22,26,28,30,32-35,37-38,40-52H2,1-3H3/b10-7-,15-12-,19-16-,23-20-,24-21-,27-25-,31-29-,39-36-. The molecule has 1 atom stereocenters. The Morgan fingerprint density at radius 3 is 1.33 bits per heavy atom. The molecule has 0 heterocycles. The van der Waals surface area contributed by atoms with E-state index in [9.17, 15) is 9.59 Å². The summed E-state index contributed by atoms with van der Waals surface area (Å²) in [5.41, 5.74) is 0. The van der Waals surface area contributed by atoms with Crippen LogP contribution in [0.5, 0.6) is 0 Å². The number of ether oxygens (including phenoxy) is 3. The van der Waals surface area contributed by atoms with Crippen LogP contribution in [0.2, 0.25) is 0 Å². The zero-order valence-corrected chi connectivity index (χ0v) is 39.2. The third kappa shape index (κ3) is 47.5. The van der Waals surface area contributed by atoms with Crippen molar-refractivity contribution in [3.63, 3.8) is 0 Å². The van der Waals surface area contributed by atoms with Crippen molar-refractivity contribution >= 4 is 11.9 Å². The summed E-state index contributed by atoms with van der Waals surface area (Å²) in [7, 11) is 0. The fraction of sp³-hybridized carbons (Fsp3) is 0.673. The van der Waals surface area contributed by atoms with Crippen molar-refractivity contribution < 1.29 is 23.8 Å². The van der Waals surface area contributed by atoms with Crippen LogP contribution in [-0.4, -0.2) is 37.9 Å². The lowest BCUT2D eigenvalue weighted by Gasteiger charge is -2.18.